The lowest BCUT2D eigenvalue weighted by Crippen LogP contribution is -2.52. The average molecular weight is 1250 g/mol. The predicted octanol–water partition coefficient (Wildman–Crippen LogP) is 0.424. The van der Waals surface area contributed by atoms with Crippen molar-refractivity contribution in [1.29, 1.82) is 0 Å². The lowest BCUT2D eigenvalue weighted by molar-refractivity contribution is -0.149. The fourth-order valence-corrected chi connectivity index (χ4v) is 9.03. The molecule has 0 unspecified atom stereocenters. The number of rotatable bonds is 40. The number of hydrogen-bond donors (Lipinski definition) is 1. The van der Waals surface area contributed by atoms with E-state index in [2.05, 4.69) is 0 Å². The van der Waals surface area contributed by atoms with Crippen LogP contribution in [0.1, 0.15) is 29.2 Å². The van der Waals surface area contributed by atoms with Crippen molar-refractivity contribution in [2.75, 3.05) is 161 Å². The third-order valence-corrected chi connectivity index (χ3v) is 14.3. The molecule has 0 aromatic heterocycles. The van der Waals surface area contributed by atoms with Crippen LogP contribution in [0.3, 0.4) is 0 Å². The number of amides is 11. The molecule has 0 aliphatic carbocycles. The van der Waals surface area contributed by atoms with Gasteiger partial charge in [-0.1, -0.05) is 121 Å². The lowest BCUT2D eigenvalue weighted by atomic mass is 10.2. The largest absolute Gasteiger partial charge is 0.383 e. The first-order valence-corrected chi connectivity index (χ1v) is 29.2. The summed E-state index contributed by atoms with van der Waals surface area (Å²) in [7, 11) is 8.44. The van der Waals surface area contributed by atoms with E-state index in [4.69, 9.17) is 24.7 Å². The molecule has 90 heavy (non-hydrogen) atoms. The van der Waals surface area contributed by atoms with Crippen LogP contribution in [0, 0.1) is 0 Å². The van der Waals surface area contributed by atoms with Gasteiger partial charge in [0.2, 0.25) is 65.0 Å². The summed E-state index contributed by atoms with van der Waals surface area (Å²) in [6.07, 6.45) is 0. The first-order chi connectivity index (χ1) is 43.2. The topological polar surface area (TPSA) is 283 Å². The molecule has 488 valence electrons. The maximum absolute atomic E-state index is 14.5. The maximum atomic E-state index is 14.5. The molecule has 0 saturated carbocycles. The Kier molecular flexibility index (Phi) is 32.4. The molecule has 2 N–H and O–H groups in total. The lowest BCUT2D eigenvalue weighted by Gasteiger charge is -2.32. The molecule has 0 aliphatic heterocycles. The van der Waals surface area contributed by atoms with Crippen molar-refractivity contribution < 1.29 is 71.7 Å². The van der Waals surface area contributed by atoms with Crippen LogP contribution in [0.25, 0.3) is 0 Å². The van der Waals surface area contributed by atoms with E-state index in [0.29, 0.717) is 16.7 Å². The number of methoxy groups -OCH3 is 4. The Hall–Kier alpha value is -9.11. The molecule has 0 bridgehead atoms. The van der Waals surface area contributed by atoms with Crippen molar-refractivity contribution in [1.82, 2.24) is 49.0 Å². The highest BCUT2D eigenvalue weighted by Crippen LogP contribution is 2.14. The summed E-state index contributed by atoms with van der Waals surface area (Å²) in [6.45, 7) is -3.53. The summed E-state index contributed by atoms with van der Waals surface area (Å²) in [6, 6.07) is 35.5. The number of nitrogens with zero attached hydrogens (tertiary/aromatic N) is 10. The zero-order chi connectivity index (χ0) is 66.0. The van der Waals surface area contributed by atoms with Gasteiger partial charge in [0.25, 0.3) is 0 Å². The first-order valence-electron chi connectivity index (χ1n) is 29.2. The molecule has 0 spiro atoms. The van der Waals surface area contributed by atoms with Crippen molar-refractivity contribution in [3.63, 3.8) is 0 Å². The molecular weight excluding hydrogens is 1160 g/mol. The number of carbonyl (C=O) groups excluding carboxylic acids is 11. The van der Waals surface area contributed by atoms with Crippen LogP contribution in [0.15, 0.2) is 121 Å². The predicted molar refractivity (Wildman–Crippen MR) is 331 cm³/mol. The highest BCUT2D eigenvalue weighted by molar-refractivity contribution is 5.94. The Balaban J connectivity index is 1.49. The number of primary amides is 1. The summed E-state index contributed by atoms with van der Waals surface area (Å²) >= 11 is 0. The fourth-order valence-electron chi connectivity index (χ4n) is 9.03. The van der Waals surface area contributed by atoms with Gasteiger partial charge in [-0.15, -0.1) is 0 Å². The van der Waals surface area contributed by atoms with E-state index in [1.165, 1.54) is 88.7 Å². The summed E-state index contributed by atoms with van der Waals surface area (Å²) in [5.41, 5.74) is 8.27. The highest BCUT2D eigenvalue weighted by Gasteiger charge is 2.31. The molecular formula is C64H87N11O15. The van der Waals surface area contributed by atoms with Crippen molar-refractivity contribution in [2.45, 2.75) is 33.1 Å². The Morgan fingerprint density at radius 3 is 0.789 bits per heavy atom. The van der Waals surface area contributed by atoms with Gasteiger partial charge in [-0.25, -0.2) is 0 Å². The Morgan fingerprint density at radius 1 is 0.300 bits per heavy atom. The summed E-state index contributed by atoms with van der Waals surface area (Å²) < 4.78 is 21.0. The molecule has 26 heteroatoms. The molecule has 26 nitrogen and oxygen atoms in total. The smallest absolute Gasteiger partial charge is 0.242 e. The van der Waals surface area contributed by atoms with Gasteiger partial charge < -0.3 is 73.7 Å². The van der Waals surface area contributed by atoms with Crippen LogP contribution < -0.4 is 5.73 Å². The van der Waals surface area contributed by atoms with Crippen LogP contribution in [0.4, 0.5) is 0 Å². The second-order valence-electron chi connectivity index (χ2n) is 21.3. The molecule has 11 amide bonds. The number of ether oxygens (including phenoxy) is 4. The zero-order valence-corrected chi connectivity index (χ0v) is 52.8. The second kappa shape index (κ2) is 39.7. The van der Waals surface area contributed by atoms with Gasteiger partial charge in [-0.05, 0) is 22.3 Å². The number of benzene rings is 4. The van der Waals surface area contributed by atoms with Gasteiger partial charge in [-0.3, -0.25) is 52.7 Å². The molecule has 4 rings (SSSR count). The van der Waals surface area contributed by atoms with Gasteiger partial charge >= 0.3 is 0 Å². The van der Waals surface area contributed by atoms with E-state index in [0.717, 1.165) is 15.4 Å². The minimum atomic E-state index is -0.755. The Bertz CT molecular complexity index is 2950. The molecule has 4 aromatic carbocycles. The zero-order valence-electron chi connectivity index (χ0n) is 52.8. The van der Waals surface area contributed by atoms with Crippen LogP contribution in [-0.2, 0) is 97.9 Å². The van der Waals surface area contributed by atoms with Crippen LogP contribution in [-0.4, -0.2) is 275 Å². The monoisotopic (exact) mass is 1250 g/mol. The maximum Gasteiger partial charge on any atom is 0.242 e. The quantitative estimate of drug-likeness (QED) is 0.0632. The third-order valence-electron chi connectivity index (χ3n) is 14.3. The number of nitrogens with two attached hydrogens (primary N) is 1. The Labute approximate surface area is 526 Å². The number of carbonyl (C=O) groups is 11. The van der Waals surface area contributed by atoms with Crippen molar-refractivity contribution in [2.24, 2.45) is 5.73 Å². The van der Waals surface area contributed by atoms with Gasteiger partial charge in [-0.2, -0.15) is 0 Å². The molecule has 4 aromatic rings. The van der Waals surface area contributed by atoms with Gasteiger partial charge in [0.15, 0.2) is 0 Å². The number of likely N-dealkylation sites (N-methyl/N-ethyl adjacent to an activating group) is 2. The minimum Gasteiger partial charge on any atom is -0.383 e. The fraction of sp³-hybridized carbons (Fsp3) is 0.453. The van der Waals surface area contributed by atoms with Crippen molar-refractivity contribution >= 4 is 65.0 Å². The molecule has 0 saturated heterocycles. The molecule has 0 aliphatic rings. The van der Waals surface area contributed by atoms with Crippen molar-refractivity contribution in [3.8, 4) is 0 Å². The normalized spacial score (nSPS) is 10.7. The average Bonchev–Trinajstić information content (AvgIpc) is 2.92. The number of hydrogen-bond acceptors (Lipinski definition) is 15. The molecule has 0 heterocycles. The van der Waals surface area contributed by atoms with Gasteiger partial charge in [0.1, 0.15) is 19.6 Å². The highest BCUT2D eigenvalue weighted by atomic mass is 16.5. The van der Waals surface area contributed by atoms with E-state index < -0.39 is 118 Å². The van der Waals surface area contributed by atoms with Crippen LogP contribution >= 0.6 is 0 Å². The van der Waals surface area contributed by atoms with E-state index in [9.17, 15) is 52.7 Å². The van der Waals surface area contributed by atoms with Crippen LogP contribution in [0.5, 0.6) is 0 Å². The molecule has 0 fully saturated rings. The summed E-state index contributed by atoms with van der Waals surface area (Å²) in [5, 5.41) is 0. The Morgan fingerprint density at radius 2 is 0.511 bits per heavy atom. The van der Waals surface area contributed by atoms with Crippen LogP contribution in [0.2, 0.25) is 0 Å². The SMILES string of the molecule is COCCN(CC(=O)N(CC(=O)N(CCOC)CC(=O)N(CC(=O)N(C)CC(=O)N(C)CC(=O)N(CCOC)CC(=O)N(CC(=O)N(CCOC)CC(=O)N(CC(N)=O)Cc1ccccc1)Cc1ccccc1)Cc1ccccc1)Cc1ccccc1)C(C)=O. The van der Waals surface area contributed by atoms with E-state index >= 15 is 0 Å². The molecule has 0 radical (unpaired) electrons. The van der Waals surface area contributed by atoms with Gasteiger partial charge in [0, 0.05) is 102 Å². The molecule has 0 atom stereocenters. The first kappa shape index (κ1) is 73.4. The van der Waals surface area contributed by atoms with Gasteiger partial charge in [0.05, 0.1) is 72.2 Å². The van der Waals surface area contributed by atoms with E-state index in [1.54, 1.807) is 115 Å². The second-order valence-corrected chi connectivity index (χ2v) is 21.3. The summed E-state index contributed by atoms with van der Waals surface area (Å²) in [4.78, 5) is 164. The summed E-state index contributed by atoms with van der Waals surface area (Å²) in [5.74, 6) is -6.75. The third kappa shape index (κ3) is 26.3. The van der Waals surface area contributed by atoms with E-state index in [-0.39, 0.29) is 91.2 Å². The minimum absolute atomic E-state index is 0.0110. The standard InChI is InChI=1S/C64H87N11O15/c1-50(76)68(28-32-87-4)44-61(83)74(38-53-24-16-10-17-25-53)48-59(81)71(31-35-90-7)47-63(85)73(37-52-22-14-9-15-23-52)43-57(79)66(2)41-56(78)67(3)42-58(80)69(29-33-88-5)46-64(86)75(39-54-26-18-11-19-27-54)49-60(82)70(30-34-89-6)45-62(84)72(40-55(65)77)36-51-20-12-8-13-21-51/h8-27H,28-49H2,1-7H3,(H2,65,77). The van der Waals surface area contributed by atoms with Crippen molar-refractivity contribution in [3.05, 3.63) is 144 Å². The van der Waals surface area contributed by atoms with E-state index in [1.807, 2.05) is 6.07 Å².